The lowest BCUT2D eigenvalue weighted by Crippen LogP contribution is -2.36. The highest BCUT2D eigenvalue weighted by Gasteiger charge is 2.10. The second-order valence-corrected chi connectivity index (χ2v) is 4.44. The summed E-state index contributed by atoms with van der Waals surface area (Å²) in [5.41, 5.74) is 5.78. The minimum atomic E-state index is -0.660. The van der Waals surface area contributed by atoms with Gasteiger partial charge in [0.15, 0.2) is 6.61 Å². The van der Waals surface area contributed by atoms with Gasteiger partial charge < -0.3 is 20.5 Å². The largest absolute Gasteiger partial charge is 0.494 e. The number of carbonyl (C=O) groups is 3. The Bertz CT molecular complexity index is 530. The Balaban J connectivity index is 2.34. The van der Waals surface area contributed by atoms with Crippen LogP contribution in [0.25, 0.3) is 0 Å². The Labute approximate surface area is 128 Å². The van der Waals surface area contributed by atoms with Crippen molar-refractivity contribution in [2.75, 3.05) is 19.8 Å². The van der Waals surface area contributed by atoms with Crippen LogP contribution in [-0.2, 0) is 25.5 Å². The first-order valence-corrected chi connectivity index (χ1v) is 6.94. The van der Waals surface area contributed by atoms with Crippen LogP contribution in [0, 0.1) is 0 Å². The van der Waals surface area contributed by atoms with E-state index in [-0.39, 0.29) is 13.0 Å². The number of ether oxygens (including phenoxy) is 2. The van der Waals surface area contributed by atoms with Crippen LogP contribution < -0.4 is 15.8 Å². The number of aryl methyl sites for hydroxylation is 1. The molecule has 3 N–H and O–H groups in total. The predicted molar refractivity (Wildman–Crippen MR) is 79.1 cm³/mol. The minimum absolute atomic E-state index is 0.132. The van der Waals surface area contributed by atoms with Crippen LogP contribution >= 0.6 is 0 Å². The number of amides is 2. The van der Waals surface area contributed by atoms with Crippen LogP contribution in [0.2, 0.25) is 0 Å². The summed E-state index contributed by atoms with van der Waals surface area (Å²) < 4.78 is 10.3. The van der Waals surface area contributed by atoms with Gasteiger partial charge in [-0.3, -0.25) is 14.4 Å². The van der Waals surface area contributed by atoms with E-state index in [1.807, 2.05) is 31.2 Å². The number of carbonyl (C=O) groups excluding carboxylic acids is 3. The molecule has 7 heteroatoms. The van der Waals surface area contributed by atoms with Gasteiger partial charge in [0.25, 0.3) is 5.91 Å². The van der Waals surface area contributed by atoms with Crippen molar-refractivity contribution in [3.63, 3.8) is 0 Å². The molecular formula is C15H20N2O5. The van der Waals surface area contributed by atoms with Crippen LogP contribution in [0.1, 0.15) is 18.9 Å². The molecule has 1 rings (SSSR count). The van der Waals surface area contributed by atoms with Gasteiger partial charge in [-0.05, 0) is 25.0 Å². The molecular weight excluding hydrogens is 288 g/mol. The second-order valence-electron chi connectivity index (χ2n) is 4.44. The van der Waals surface area contributed by atoms with Crippen LogP contribution in [0.4, 0.5) is 0 Å². The van der Waals surface area contributed by atoms with E-state index < -0.39 is 24.4 Å². The topological polar surface area (TPSA) is 108 Å². The van der Waals surface area contributed by atoms with Crippen molar-refractivity contribution in [2.24, 2.45) is 5.73 Å². The first-order chi connectivity index (χ1) is 10.5. The molecule has 22 heavy (non-hydrogen) atoms. The number of nitrogens with one attached hydrogen (secondary N) is 1. The van der Waals surface area contributed by atoms with Crippen molar-refractivity contribution >= 4 is 17.8 Å². The number of para-hydroxylation sites is 1. The molecule has 7 nitrogen and oxygen atoms in total. The Kier molecular flexibility index (Phi) is 7.45. The van der Waals surface area contributed by atoms with Crippen LogP contribution in [-0.4, -0.2) is 37.5 Å². The first-order valence-electron chi connectivity index (χ1n) is 6.94. The van der Waals surface area contributed by atoms with E-state index in [0.29, 0.717) is 13.0 Å². The summed E-state index contributed by atoms with van der Waals surface area (Å²) in [6, 6.07) is 7.43. The lowest BCUT2D eigenvalue weighted by atomic mass is 10.1. The zero-order chi connectivity index (χ0) is 16.4. The maximum absolute atomic E-state index is 11.6. The van der Waals surface area contributed by atoms with Gasteiger partial charge in [0.05, 0.1) is 13.2 Å². The number of hydrogen-bond acceptors (Lipinski definition) is 5. The monoisotopic (exact) mass is 308 g/mol. The van der Waals surface area contributed by atoms with E-state index in [1.54, 1.807) is 0 Å². The van der Waals surface area contributed by atoms with Crippen molar-refractivity contribution in [2.45, 2.75) is 19.8 Å². The standard InChI is InChI=1S/C15H20N2O5/c1-2-21-12-6-4-3-5-11(12)7-8-15(20)22-10-14(19)17-9-13(16)18/h3-6H,2,7-10H2,1H3,(H2,16,18)(H,17,19). The zero-order valence-electron chi connectivity index (χ0n) is 12.5. The normalized spacial score (nSPS) is 9.86. The van der Waals surface area contributed by atoms with Crippen molar-refractivity contribution < 1.29 is 23.9 Å². The van der Waals surface area contributed by atoms with Gasteiger partial charge >= 0.3 is 5.97 Å². The van der Waals surface area contributed by atoms with Gasteiger partial charge in [0.1, 0.15) is 5.75 Å². The number of hydrogen-bond donors (Lipinski definition) is 2. The molecule has 0 aliphatic rings. The number of rotatable bonds is 9. The first kappa shape index (κ1) is 17.5. The van der Waals surface area contributed by atoms with E-state index in [0.717, 1.165) is 11.3 Å². The summed E-state index contributed by atoms with van der Waals surface area (Å²) >= 11 is 0. The minimum Gasteiger partial charge on any atom is -0.494 e. The van der Waals surface area contributed by atoms with Gasteiger partial charge in [0.2, 0.25) is 5.91 Å². The summed E-state index contributed by atoms with van der Waals surface area (Å²) in [6.07, 6.45) is 0.588. The molecule has 0 fully saturated rings. The predicted octanol–water partition coefficient (Wildman–Crippen LogP) is 0.163. The van der Waals surface area contributed by atoms with Gasteiger partial charge in [0, 0.05) is 6.42 Å². The van der Waals surface area contributed by atoms with Crippen molar-refractivity contribution in [3.8, 4) is 5.75 Å². The highest BCUT2D eigenvalue weighted by molar-refractivity contribution is 5.85. The van der Waals surface area contributed by atoms with Crippen LogP contribution in [0.5, 0.6) is 5.75 Å². The number of primary amides is 1. The molecule has 0 aromatic heterocycles. The average molecular weight is 308 g/mol. The Morgan fingerprint density at radius 3 is 2.64 bits per heavy atom. The molecule has 120 valence electrons. The fraction of sp³-hybridized carbons (Fsp3) is 0.400. The zero-order valence-corrected chi connectivity index (χ0v) is 12.5. The maximum Gasteiger partial charge on any atom is 0.306 e. The molecule has 2 amide bonds. The maximum atomic E-state index is 11.6. The van der Waals surface area contributed by atoms with E-state index >= 15 is 0 Å². The highest BCUT2D eigenvalue weighted by atomic mass is 16.5. The van der Waals surface area contributed by atoms with Gasteiger partial charge in [-0.25, -0.2) is 0 Å². The molecule has 1 aromatic carbocycles. The third kappa shape index (κ3) is 6.74. The van der Waals surface area contributed by atoms with E-state index in [1.165, 1.54) is 0 Å². The molecule has 0 unspecified atom stereocenters. The smallest absolute Gasteiger partial charge is 0.306 e. The van der Waals surface area contributed by atoms with E-state index in [2.05, 4.69) is 5.32 Å². The summed E-state index contributed by atoms with van der Waals surface area (Å²) in [6.45, 7) is 1.72. The molecule has 0 saturated heterocycles. The van der Waals surface area contributed by atoms with E-state index in [9.17, 15) is 14.4 Å². The number of nitrogens with two attached hydrogens (primary N) is 1. The molecule has 0 bridgehead atoms. The van der Waals surface area contributed by atoms with Gasteiger partial charge in [-0.15, -0.1) is 0 Å². The van der Waals surface area contributed by atoms with Gasteiger partial charge in [-0.2, -0.15) is 0 Å². The molecule has 0 aliphatic carbocycles. The third-order valence-electron chi connectivity index (χ3n) is 2.69. The third-order valence-corrected chi connectivity index (χ3v) is 2.69. The summed E-state index contributed by atoms with van der Waals surface area (Å²) in [4.78, 5) is 33.3. The second kappa shape index (κ2) is 9.38. The molecule has 0 radical (unpaired) electrons. The molecule has 0 saturated carbocycles. The quantitative estimate of drug-likeness (QED) is 0.632. The highest BCUT2D eigenvalue weighted by Crippen LogP contribution is 2.19. The van der Waals surface area contributed by atoms with E-state index in [4.69, 9.17) is 15.2 Å². The molecule has 0 heterocycles. The SMILES string of the molecule is CCOc1ccccc1CCC(=O)OCC(=O)NCC(N)=O. The van der Waals surface area contributed by atoms with Crippen LogP contribution in [0.15, 0.2) is 24.3 Å². The Morgan fingerprint density at radius 2 is 1.95 bits per heavy atom. The average Bonchev–Trinajstić information content (AvgIpc) is 2.50. The van der Waals surface area contributed by atoms with Gasteiger partial charge in [-0.1, -0.05) is 18.2 Å². The van der Waals surface area contributed by atoms with Crippen molar-refractivity contribution in [1.82, 2.24) is 5.32 Å². The number of esters is 1. The molecule has 1 aromatic rings. The lowest BCUT2D eigenvalue weighted by molar-refractivity contribution is -0.148. The van der Waals surface area contributed by atoms with Crippen molar-refractivity contribution in [3.05, 3.63) is 29.8 Å². The number of benzene rings is 1. The summed E-state index contributed by atoms with van der Waals surface area (Å²) in [5.74, 6) is -0.994. The molecule has 0 spiro atoms. The Morgan fingerprint density at radius 1 is 1.23 bits per heavy atom. The molecule has 0 atom stereocenters. The Hall–Kier alpha value is -2.57. The fourth-order valence-electron chi connectivity index (χ4n) is 1.70. The summed E-state index contributed by atoms with van der Waals surface area (Å²) in [5, 5.41) is 2.23. The van der Waals surface area contributed by atoms with Crippen LogP contribution in [0.3, 0.4) is 0 Å². The lowest BCUT2D eigenvalue weighted by Gasteiger charge is -2.09. The summed E-state index contributed by atoms with van der Waals surface area (Å²) in [7, 11) is 0. The van der Waals surface area contributed by atoms with Crippen molar-refractivity contribution in [1.29, 1.82) is 0 Å². The fourth-order valence-corrected chi connectivity index (χ4v) is 1.70. The molecule has 0 aliphatic heterocycles.